The predicted molar refractivity (Wildman–Crippen MR) is 112 cm³/mol. The zero-order valence-corrected chi connectivity index (χ0v) is 17.0. The van der Waals surface area contributed by atoms with E-state index in [-0.39, 0.29) is 17.5 Å². The van der Waals surface area contributed by atoms with Gasteiger partial charge in [0.05, 0.1) is 11.7 Å². The highest BCUT2D eigenvalue weighted by Crippen LogP contribution is 2.33. The predicted octanol–water partition coefficient (Wildman–Crippen LogP) is 2.33. The van der Waals surface area contributed by atoms with Crippen molar-refractivity contribution in [2.24, 2.45) is 0 Å². The number of hydrogen-bond donors (Lipinski definition) is 1. The van der Waals surface area contributed by atoms with Gasteiger partial charge in [0, 0.05) is 48.6 Å². The first kappa shape index (κ1) is 18.4. The summed E-state index contributed by atoms with van der Waals surface area (Å²) in [6, 6.07) is 5.93. The van der Waals surface area contributed by atoms with E-state index in [1.165, 1.54) is 0 Å². The van der Waals surface area contributed by atoms with Gasteiger partial charge in [0.25, 0.3) is 5.56 Å². The summed E-state index contributed by atoms with van der Waals surface area (Å²) in [5, 5.41) is 4.91. The lowest BCUT2D eigenvalue weighted by molar-refractivity contribution is -0.121. The van der Waals surface area contributed by atoms with Gasteiger partial charge in [-0.25, -0.2) is 9.97 Å². The fraction of sp³-hybridized carbons (Fsp3) is 0.429. The second-order valence-corrected chi connectivity index (χ2v) is 8.63. The van der Waals surface area contributed by atoms with Crippen molar-refractivity contribution in [3.8, 4) is 0 Å². The summed E-state index contributed by atoms with van der Waals surface area (Å²) >= 11 is 1.59. The molecule has 1 N–H and O–H groups in total. The molecule has 2 aliphatic rings. The number of thioether (sulfide) groups is 1. The number of aromatic nitrogens is 4. The topological polar surface area (TPSA) is 81.8 Å². The van der Waals surface area contributed by atoms with Gasteiger partial charge in [-0.2, -0.15) is 0 Å². The van der Waals surface area contributed by atoms with E-state index < -0.39 is 0 Å². The van der Waals surface area contributed by atoms with Crippen molar-refractivity contribution in [1.29, 1.82) is 0 Å². The monoisotopic (exact) mass is 409 g/mol. The summed E-state index contributed by atoms with van der Waals surface area (Å²) in [6.07, 6.45) is 7.70. The highest BCUT2D eigenvalue weighted by Gasteiger charge is 2.30. The number of carbonyl (C=O) groups is 1. The molecule has 0 saturated heterocycles. The second-order valence-electron chi connectivity index (χ2n) is 7.65. The maximum atomic E-state index is 12.8. The highest BCUT2D eigenvalue weighted by molar-refractivity contribution is 7.99. The van der Waals surface area contributed by atoms with E-state index in [2.05, 4.69) is 25.9 Å². The second kappa shape index (κ2) is 7.67. The Balaban J connectivity index is 1.16. The first-order chi connectivity index (χ1) is 14.2. The van der Waals surface area contributed by atoms with Gasteiger partial charge in [-0.1, -0.05) is 11.8 Å². The van der Waals surface area contributed by atoms with Gasteiger partial charge in [-0.3, -0.25) is 14.2 Å². The molecule has 1 amide bonds. The molecule has 8 heteroatoms. The van der Waals surface area contributed by atoms with Crippen molar-refractivity contribution >= 4 is 28.7 Å². The minimum atomic E-state index is -0.0986. The zero-order chi connectivity index (χ0) is 19.8. The minimum absolute atomic E-state index is 0.00802. The SMILES string of the molecule is O=C(C[C@H]1CSc2nc3c(c(=O)n21)CCC3)NCCCn1ccc2cccnc21. The first-order valence-electron chi connectivity index (χ1n) is 10.1. The smallest absolute Gasteiger partial charge is 0.257 e. The molecule has 0 bridgehead atoms. The summed E-state index contributed by atoms with van der Waals surface area (Å²) in [7, 11) is 0. The highest BCUT2D eigenvalue weighted by atomic mass is 32.2. The Morgan fingerprint density at radius 3 is 3.17 bits per heavy atom. The number of hydrogen-bond acceptors (Lipinski definition) is 5. The van der Waals surface area contributed by atoms with E-state index in [0.717, 1.165) is 65.4 Å². The van der Waals surface area contributed by atoms with Crippen LogP contribution in [0.5, 0.6) is 0 Å². The molecular weight excluding hydrogens is 386 g/mol. The third-order valence-corrected chi connectivity index (χ3v) is 6.81. The molecule has 4 heterocycles. The summed E-state index contributed by atoms with van der Waals surface area (Å²) in [4.78, 5) is 34.3. The van der Waals surface area contributed by atoms with Gasteiger partial charge in [0.1, 0.15) is 5.65 Å². The number of amides is 1. The van der Waals surface area contributed by atoms with Crippen LogP contribution >= 0.6 is 11.8 Å². The minimum Gasteiger partial charge on any atom is -0.356 e. The van der Waals surface area contributed by atoms with Gasteiger partial charge >= 0.3 is 0 Å². The average Bonchev–Trinajstić information content (AvgIpc) is 3.45. The number of nitrogens with zero attached hydrogens (tertiary/aromatic N) is 4. The molecule has 1 aliphatic heterocycles. The molecule has 1 aliphatic carbocycles. The van der Waals surface area contributed by atoms with Crippen molar-refractivity contribution in [3.05, 3.63) is 52.2 Å². The summed E-state index contributed by atoms with van der Waals surface area (Å²) in [6.45, 7) is 1.41. The fourth-order valence-corrected chi connectivity index (χ4v) is 5.42. The lowest BCUT2D eigenvalue weighted by atomic mass is 10.2. The van der Waals surface area contributed by atoms with Crippen LogP contribution in [0.4, 0.5) is 0 Å². The largest absolute Gasteiger partial charge is 0.356 e. The molecule has 3 aromatic rings. The molecule has 29 heavy (non-hydrogen) atoms. The van der Waals surface area contributed by atoms with E-state index in [9.17, 15) is 9.59 Å². The normalized spacial score (nSPS) is 17.4. The van der Waals surface area contributed by atoms with Crippen LogP contribution in [0, 0.1) is 0 Å². The third-order valence-electron chi connectivity index (χ3n) is 5.71. The van der Waals surface area contributed by atoms with E-state index in [0.29, 0.717) is 13.0 Å². The van der Waals surface area contributed by atoms with E-state index in [1.54, 1.807) is 22.5 Å². The lowest BCUT2D eigenvalue weighted by Gasteiger charge is -2.14. The number of fused-ring (bicyclic) bond motifs is 3. The van der Waals surface area contributed by atoms with E-state index >= 15 is 0 Å². The number of carbonyl (C=O) groups excluding carboxylic acids is 1. The molecule has 0 saturated carbocycles. The maximum absolute atomic E-state index is 12.8. The molecule has 3 aromatic heterocycles. The first-order valence-corrected chi connectivity index (χ1v) is 11.1. The van der Waals surface area contributed by atoms with Gasteiger partial charge in [-0.15, -0.1) is 0 Å². The Bertz CT molecular complexity index is 1140. The van der Waals surface area contributed by atoms with Crippen LogP contribution in [-0.4, -0.2) is 37.3 Å². The van der Waals surface area contributed by atoms with Gasteiger partial charge < -0.3 is 9.88 Å². The maximum Gasteiger partial charge on any atom is 0.257 e. The molecule has 0 aromatic carbocycles. The van der Waals surface area contributed by atoms with Crippen LogP contribution in [0.15, 0.2) is 40.5 Å². The van der Waals surface area contributed by atoms with Crippen LogP contribution in [0.3, 0.4) is 0 Å². The van der Waals surface area contributed by atoms with E-state index in [4.69, 9.17) is 0 Å². The molecule has 150 valence electrons. The summed E-state index contributed by atoms with van der Waals surface area (Å²) in [5.74, 6) is 0.728. The van der Waals surface area contributed by atoms with Crippen LogP contribution in [-0.2, 0) is 24.2 Å². The quantitative estimate of drug-likeness (QED) is 0.499. The Kier molecular flexibility index (Phi) is 4.87. The van der Waals surface area contributed by atoms with Crippen molar-refractivity contribution in [2.45, 2.75) is 49.8 Å². The average molecular weight is 410 g/mol. The van der Waals surface area contributed by atoms with Gasteiger partial charge in [0.2, 0.25) is 5.91 Å². The van der Waals surface area contributed by atoms with Crippen molar-refractivity contribution in [1.82, 2.24) is 24.4 Å². The molecule has 5 rings (SSSR count). The number of aryl methyl sites for hydroxylation is 2. The molecule has 0 fully saturated rings. The fourth-order valence-electron chi connectivity index (χ4n) is 4.27. The molecule has 0 radical (unpaired) electrons. The van der Waals surface area contributed by atoms with Crippen LogP contribution in [0.2, 0.25) is 0 Å². The van der Waals surface area contributed by atoms with E-state index in [1.807, 2.05) is 18.3 Å². The van der Waals surface area contributed by atoms with Gasteiger partial charge in [-0.05, 0) is 43.9 Å². The number of pyridine rings is 1. The number of nitrogens with one attached hydrogen (secondary N) is 1. The Labute approximate surface area is 172 Å². The summed E-state index contributed by atoms with van der Waals surface area (Å²) in [5.41, 5.74) is 2.86. The summed E-state index contributed by atoms with van der Waals surface area (Å²) < 4.78 is 3.86. The van der Waals surface area contributed by atoms with Crippen LogP contribution in [0.1, 0.15) is 36.6 Å². The molecule has 7 nitrogen and oxygen atoms in total. The number of rotatable bonds is 6. The van der Waals surface area contributed by atoms with Crippen LogP contribution < -0.4 is 10.9 Å². The molecule has 0 spiro atoms. The van der Waals surface area contributed by atoms with Crippen molar-refractivity contribution < 1.29 is 4.79 Å². The lowest BCUT2D eigenvalue weighted by Crippen LogP contribution is -2.32. The van der Waals surface area contributed by atoms with Crippen LogP contribution in [0.25, 0.3) is 11.0 Å². The molecule has 1 atom stereocenters. The standard InChI is InChI=1S/C21H23N5O2S/c27-18(22-9-3-10-25-11-7-14-4-2-8-23-19(14)25)12-15-13-29-21-24-17-6-1-5-16(17)20(28)26(15)21/h2,4,7-8,11,15H,1,3,5-6,9-10,12-13H2,(H,22,27)/t15-/m0/s1. The Morgan fingerprint density at radius 2 is 2.24 bits per heavy atom. The Hall–Kier alpha value is -2.61. The van der Waals surface area contributed by atoms with Crippen molar-refractivity contribution in [3.63, 3.8) is 0 Å². The third kappa shape index (κ3) is 3.46. The Morgan fingerprint density at radius 1 is 1.31 bits per heavy atom. The van der Waals surface area contributed by atoms with Crippen molar-refractivity contribution in [2.75, 3.05) is 12.3 Å². The molecular formula is C21H23N5O2S. The zero-order valence-electron chi connectivity index (χ0n) is 16.1. The molecule has 0 unspecified atom stereocenters. The van der Waals surface area contributed by atoms with Gasteiger partial charge in [0.15, 0.2) is 5.16 Å².